The van der Waals surface area contributed by atoms with Gasteiger partial charge < -0.3 is 10.6 Å². The maximum absolute atomic E-state index is 10.4. The first-order valence-corrected chi connectivity index (χ1v) is 7.14. The monoisotopic (exact) mass is 275 g/mol. The Morgan fingerprint density at radius 1 is 0.947 bits per heavy atom. The molecule has 0 radical (unpaired) electrons. The van der Waals surface area contributed by atoms with E-state index >= 15 is 0 Å². The molecule has 0 saturated carbocycles. The van der Waals surface area contributed by atoms with E-state index in [2.05, 4.69) is 11.8 Å². The minimum absolute atomic E-state index is 0.159. The predicted molar refractivity (Wildman–Crippen MR) is 75.4 cm³/mol. The van der Waals surface area contributed by atoms with E-state index in [0.29, 0.717) is 6.42 Å². The number of hydrogen-bond donors (Lipinski definition) is 2. The highest BCUT2D eigenvalue weighted by molar-refractivity contribution is 5.73. The molecule has 0 atom stereocenters. The van der Waals surface area contributed by atoms with E-state index in [0.717, 1.165) is 19.8 Å². The molecule has 0 aliphatic carbocycles. The molecule has 1 amide bonds. The molecule has 0 aliphatic rings. The first-order valence-electron chi connectivity index (χ1n) is 7.14. The normalized spacial score (nSPS) is 9.42. The maximum Gasteiger partial charge on any atom is 0.339 e. The van der Waals surface area contributed by atoms with Crippen LogP contribution in [0.25, 0.3) is 0 Å². The van der Waals surface area contributed by atoms with Gasteiger partial charge in [0.25, 0.3) is 0 Å². The number of nitrogens with two attached hydrogens (primary N) is 1. The molecular weight excluding hydrogens is 246 g/mol. The molecule has 0 saturated heterocycles. The Labute approximate surface area is 116 Å². The van der Waals surface area contributed by atoms with Crippen molar-refractivity contribution in [3.63, 3.8) is 0 Å². The minimum Gasteiger partial charge on any atom is -0.370 e. The van der Waals surface area contributed by atoms with E-state index in [1.54, 1.807) is 0 Å². The van der Waals surface area contributed by atoms with Crippen molar-refractivity contribution < 1.29 is 19.7 Å². The molecule has 0 bridgehead atoms. The van der Waals surface area contributed by atoms with E-state index < -0.39 is 5.97 Å². The van der Waals surface area contributed by atoms with Crippen LogP contribution in [0.4, 0.5) is 0 Å². The van der Waals surface area contributed by atoms with Gasteiger partial charge in [0.1, 0.15) is 0 Å². The molecule has 0 aromatic carbocycles. The number of rotatable bonds is 10. The van der Waals surface area contributed by atoms with Crippen molar-refractivity contribution in [1.82, 2.24) is 0 Å². The molecule has 0 aromatic rings. The van der Waals surface area contributed by atoms with E-state index in [9.17, 15) is 9.59 Å². The van der Waals surface area contributed by atoms with Crippen molar-refractivity contribution in [2.75, 3.05) is 0 Å². The largest absolute Gasteiger partial charge is 0.370 e. The summed E-state index contributed by atoms with van der Waals surface area (Å²) in [6.45, 7) is 3.35. The summed E-state index contributed by atoms with van der Waals surface area (Å²) < 4.78 is 0. The lowest BCUT2D eigenvalue weighted by atomic mass is 10.1. The van der Waals surface area contributed by atoms with Gasteiger partial charge in [-0.15, -0.1) is 0 Å². The molecule has 0 unspecified atom stereocenters. The van der Waals surface area contributed by atoms with Gasteiger partial charge in [-0.25, -0.2) is 4.79 Å². The van der Waals surface area contributed by atoms with E-state index in [1.807, 2.05) is 0 Å². The zero-order valence-electron chi connectivity index (χ0n) is 12.3. The van der Waals surface area contributed by atoms with Crippen LogP contribution in [0.3, 0.4) is 0 Å². The SMILES string of the molecule is CC(=O)OO.CCCCCCCCCCCC(N)=O. The lowest BCUT2D eigenvalue weighted by Crippen LogP contribution is -2.09. The number of primary amides is 1. The molecule has 0 heterocycles. The highest BCUT2D eigenvalue weighted by Crippen LogP contribution is 2.10. The van der Waals surface area contributed by atoms with Gasteiger partial charge in [-0.2, -0.15) is 5.26 Å². The van der Waals surface area contributed by atoms with Gasteiger partial charge >= 0.3 is 5.97 Å². The standard InChI is InChI=1S/C12H25NO.C2H4O3/c1-2-3-4-5-6-7-8-9-10-11-12(13)14;1-2(3)5-4/h2-11H2,1H3,(H2,13,14);4H,1H3. The lowest BCUT2D eigenvalue weighted by Gasteiger charge is -2.00. The van der Waals surface area contributed by atoms with Crippen LogP contribution < -0.4 is 5.73 Å². The molecule has 3 N–H and O–H groups in total. The van der Waals surface area contributed by atoms with E-state index in [1.165, 1.54) is 44.9 Å². The van der Waals surface area contributed by atoms with Gasteiger partial charge in [0, 0.05) is 13.3 Å². The molecule has 0 aromatic heterocycles. The third-order valence-corrected chi connectivity index (χ3v) is 2.66. The van der Waals surface area contributed by atoms with Crippen LogP contribution in [-0.2, 0) is 14.5 Å². The zero-order valence-corrected chi connectivity index (χ0v) is 12.3. The summed E-state index contributed by atoms with van der Waals surface area (Å²) in [5, 5.41) is 7.29. The summed E-state index contributed by atoms with van der Waals surface area (Å²) >= 11 is 0. The smallest absolute Gasteiger partial charge is 0.339 e. The van der Waals surface area contributed by atoms with E-state index in [-0.39, 0.29) is 5.91 Å². The molecule has 0 spiro atoms. The Bertz CT molecular complexity index is 219. The van der Waals surface area contributed by atoms with Crippen molar-refractivity contribution in [2.24, 2.45) is 5.73 Å². The van der Waals surface area contributed by atoms with Crippen LogP contribution in [-0.4, -0.2) is 17.1 Å². The summed E-state index contributed by atoms with van der Waals surface area (Å²) in [5.41, 5.74) is 5.05. The highest BCUT2D eigenvalue weighted by atomic mass is 17.1. The van der Waals surface area contributed by atoms with Crippen LogP contribution in [0.1, 0.15) is 78.1 Å². The first-order chi connectivity index (χ1) is 9.04. The molecule has 5 heteroatoms. The van der Waals surface area contributed by atoms with Gasteiger partial charge in [-0.1, -0.05) is 58.3 Å². The van der Waals surface area contributed by atoms with Crippen molar-refractivity contribution >= 4 is 11.9 Å². The van der Waals surface area contributed by atoms with Crippen LogP contribution in [0.2, 0.25) is 0 Å². The van der Waals surface area contributed by atoms with Gasteiger partial charge in [0.15, 0.2) is 0 Å². The summed E-state index contributed by atoms with van der Waals surface area (Å²) in [6.07, 6.45) is 12.1. The van der Waals surface area contributed by atoms with Crippen LogP contribution in [0.5, 0.6) is 0 Å². The Morgan fingerprint density at radius 2 is 1.32 bits per heavy atom. The Hall–Kier alpha value is -1.10. The van der Waals surface area contributed by atoms with Crippen molar-refractivity contribution in [1.29, 1.82) is 0 Å². The molecule has 19 heavy (non-hydrogen) atoms. The molecular formula is C14H29NO4. The number of unbranched alkanes of at least 4 members (excludes halogenated alkanes) is 8. The zero-order chi connectivity index (χ0) is 14.9. The fourth-order valence-corrected chi connectivity index (χ4v) is 1.61. The third kappa shape index (κ3) is 26.5. The second-order valence-electron chi connectivity index (χ2n) is 4.63. The average molecular weight is 275 g/mol. The second-order valence-corrected chi connectivity index (χ2v) is 4.63. The fourth-order valence-electron chi connectivity index (χ4n) is 1.61. The lowest BCUT2D eigenvalue weighted by molar-refractivity contribution is -0.231. The predicted octanol–water partition coefficient (Wildman–Crippen LogP) is 3.42. The molecule has 0 aliphatic heterocycles. The molecule has 0 fully saturated rings. The summed E-state index contributed by atoms with van der Waals surface area (Å²) in [6, 6.07) is 0. The van der Waals surface area contributed by atoms with Gasteiger partial charge in [-0.05, 0) is 6.42 Å². The second kappa shape index (κ2) is 16.9. The van der Waals surface area contributed by atoms with Gasteiger partial charge in [0.2, 0.25) is 5.91 Å². The van der Waals surface area contributed by atoms with Crippen LogP contribution in [0.15, 0.2) is 0 Å². The maximum atomic E-state index is 10.4. The van der Waals surface area contributed by atoms with E-state index in [4.69, 9.17) is 11.0 Å². The minimum atomic E-state index is -0.690. The Kier molecular flexibility index (Phi) is 18.0. The summed E-state index contributed by atoms with van der Waals surface area (Å²) in [4.78, 5) is 22.9. The number of hydrogen-bond acceptors (Lipinski definition) is 4. The quantitative estimate of drug-likeness (QED) is 0.363. The molecule has 0 rings (SSSR count). The number of carbonyl (C=O) groups excluding carboxylic acids is 2. The Morgan fingerprint density at radius 3 is 1.63 bits per heavy atom. The Balaban J connectivity index is 0. The topological polar surface area (TPSA) is 89.6 Å². The summed E-state index contributed by atoms with van der Waals surface area (Å²) in [7, 11) is 0. The number of amides is 1. The molecule has 114 valence electrons. The number of carbonyl (C=O) groups is 2. The fraction of sp³-hybridized carbons (Fsp3) is 0.857. The average Bonchev–Trinajstić information content (AvgIpc) is 2.37. The summed E-state index contributed by atoms with van der Waals surface area (Å²) in [5.74, 6) is -0.849. The van der Waals surface area contributed by atoms with Crippen molar-refractivity contribution in [3.8, 4) is 0 Å². The van der Waals surface area contributed by atoms with Gasteiger partial charge in [-0.3, -0.25) is 4.79 Å². The van der Waals surface area contributed by atoms with Gasteiger partial charge in [0.05, 0.1) is 0 Å². The van der Waals surface area contributed by atoms with Crippen molar-refractivity contribution in [3.05, 3.63) is 0 Å². The first kappa shape index (κ1) is 20.2. The third-order valence-electron chi connectivity index (χ3n) is 2.66. The highest BCUT2D eigenvalue weighted by Gasteiger charge is 1.94. The van der Waals surface area contributed by atoms with Crippen LogP contribution >= 0.6 is 0 Å². The van der Waals surface area contributed by atoms with Crippen LogP contribution in [0, 0.1) is 0 Å². The molecule has 5 nitrogen and oxygen atoms in total. The van der Waals surface area contributed by atoms with Crippen molar-refractivity contribution in [2.45, 2.75) is 78.1 Å².